The Kier molecular flexibility index (Phi) is 3.89. The average molecular weight is 347 g/mol. The monoisotopic (exact) mass is 347 g/mol. The molecule has 0 atom stereocenters. The van der Waals surface area contributed by atoms with Crippen LogP contribution in [0.3, 0.4) is 0 Å². The Balaban J connectivity index is 1.84. The molecule has 130 valence electrons. The summed E-state index contributed by atoms with van der Waals surface area (Å²) < 4.78 is 3.57. The maximum Gasteiger partial charge on any atom is 0.309 e. The number of pyridine rings is 1. The summed E-state index contributed by atoms with van der Waals surface area (Å²) in [6.45, 7) is 0. The lowest BCUT2D eigenvalue weighted by Crippen LogP contribution is -1.99. The van der Waals surface area contributed by atoms with E-state index < -0.39 is 5.97 Å². The lowest BCUT2D eigenvalue weighted by molar-refractivity contribution is -0.136. The number of nitrogens with zero attached hydrogens (tertiary/aromatic N) is 4. The van der Waals surface area contributed by atoms with Crippen LogP contribution in [0.1, 0.15) is 5.69 Å². The number of nitrogens with one attached hydrogen (secondary N) is 1. The van der Waals surface area contributed by atoms with Gasteiger partial charge in [0.25, 0.3) is 0 Å². The third-order valence-corrected chi connectivity index (χ3v) is 3.99. The summed E-state index contributed by atoms with van der Waals surface area (Å²) in [7, 11) is 1.86. The Morgan fingerprint density at radius 2 is 1.96 bits per heavy atom. The van der Waals surface area contributed by atoms with Crippen LogP contribution in [0.25, 0.3) is 16.9 Å². The Labute approximate surface area is 149 Å². The van der Waals surface area contributed by atoms with Gasteiger partial charge in [-0.1, -0.05) is 18.2 Å². The second kappa shape index (κ2) is 6.36. The number of benzene rings is 1. The minimum atomic E-state index is -0.907. The van der Waals surface area contributed by atoms with Crippen LogP contribution in [-0.2, 0) is 18.3 Å². The standard InChI is InChI=1S/C19H17N5O2/c1-23-8-7-17(22-23)16-9-14(20-13-5-3-2-4-6-13)11-24-12-15(10-18(25)26)21-19(16)24/h2-9,11-12,20H,10H2,1H3,(H,25,26). The van der Waals surface area contributed by atoms with Gasteiger partial charge >= 0.3 is 5.97 Å². The first-order valence-corrected chi connectivity index (χ1v) is 8.14. The molecule has 3 aromatic heterocycles. The second-order valence-electron chi connectivity index (χ2n) is 6.04. The number of anilines is 2. The van der Waals surface area contributed by atoms with Gasteiger partial charge in [0, 0.05) is 36.9 Å². The minimum Gasteiger partial charge on any atom is -0.481 e. The molecule has 0 saturated heterocycles. The number of carboxylic acid groups (broad SMARTS) is 1. The van der Waals surface area contributed by atoms with Crippen molar-refractivity contribution in [2.24, 2.45) is 7.05 Å². The number of aromatic nitrogens is 4. The molecule has 0 aliphatic rings. The molecule has 7 nitrogen and oxygen atoms in total. The van der Waals surface area contributed by atoms with Crippen molar-refractivity contribution in [3.05, 3.63) is 66.7 Å². The number of carboxylic acids is 1. The maximum atomic E-state index is 11.0. The fourth-order valence-electron chi connectivity index (χ4n) is 2.89. The van der Waals surface area contributed by atoms with Crippen LogP contribution in [0.5, 0.6) is 0 Å². The number of aliphatic carboxylic acids is 1. The summed E-state index contributed by atoms with van der Waals surface area (Å²) in [5, 5.41) is 16.9. The Bertz CT molecular complexity index is 1080. The van der Waals surface area contributed by atoms with E-state index in [4.69, 9.17) is 5.11 Å². The van der Waals surface area contributed by atoms with Crippen molar-refractivity contribution in [2.45, 2.75) is 6.42 Å². The molecular formula is C19H17N5O2. The zero-order valence-corrected chi connectivity index (χ0v) is 14.1. The third-order valence-electron chi connectivity index (χ3n) is 3.99. The van der Waals surface area contributed by atoms with Crippen molar-refractivity contribution in [1.82, 2.24) is 19.2 Å². The highest BCUT2D eigenvalue weighted by atomic mass is 16.4. The second-order valence-corrected chi connectivity index (χ2v) is 6.04. The molecule has 26 heavy (non-hydrogen) atoms. The van der Waals surface area contributed by atoms with Crippen molar-refractivity contribution in [2.75, 3.05) is 5.32 Å². The van der Waals surface area contributed by atoms with E-state index in [-0.39, 0.29) is 6.42 Å². The highest BCUT2D eigenvalue weighted by Crippen LogP contribution is 2.28. The number of hydrogen-bond acceptors (Lipinski definition) is 4. The lowest BCUT2D eigenvalue weighted by atomic mass is 10.2. The molecule has 0 radical (unpaired) electrons. The minimum absolute atomic E-state index is 0.120. The van der Waals surface area contributed by atoms with E-state index in [1.54, 1.807) is 10.9 Å². The highest BCUT2D eigenvalue weighted by Gasteiger charge is 2.14. The van der Waals surface area contributed by atoms with Gasteiger partial charge < -0.3 is 14.8 Å². The number of rotatable bonds is 5. The van der Waals surface area contributed by atoms with Crippen molar-refractivity contribution >= 4 is 23.0 Å². The average Bonchev–Trinajstić information content (AvgIpc) is 3.20. The summed E-state index contributed by atoms with van der Waals surface area (Å²) in [6, 6.07) is 13.7. The zero-order chi connectivity index (χ0) is 18.1. The first-order valence-electron chi connectivity index (χ1n) is 8.14. The van der Waals surface area contributed by atoms with E-state index in [0.717, 1.165) is 22.6 Å². The summed E-state index contributed by atoms with van der Waals surface area (Å²) >= 11 is 0. The van der Waals surface area contributed by atoms with Gasteiger partial charge in [0.05, 0.1) is 23.5 Å². The van der Waals surface area contributed by atoms with Crippen LogP contribution in [0.2, 0.25) is 0 Å². The third kappa shape index (κ3) is 3.14. The van der Waals surface area contributed by atoms with E-state index in [2.05, 4.69) is 15.4 Å². The number of hydrogen-bond donors (Lipinski definition) is 2. The van der Waals surface area contributed by atoms with Crippen LogP contribution in [0.4, 0.5) is 11.4 Å². The molecule has 0 saturated carbocycles. The normalized spacial score (nSPS) is 11.0. The van der Waals surface area contributed by atoms with Gasteiger partial charge in [-0.15, -0.1) is 0 Å². The molecule has 0 bridgehead atoms. The fourth-order valence-corrected chi connectivity index (χ4v) is 2.89. The Hall–Kier alpha value is -3.61. The van der Waals surface area contributed by atoms with Gasteiger partial charge in [-0.2, -0.15) is 5.10 Å². The molecule has 0 aliphatic heterocycles. The number of carbonyl (C=O) groups is 1. The molecule has 3 heterocycles. The topological polar surface area (TPSA) is 84.5 Å². The van der Waals surface area contributed by atoms with Gasteiger partial charge in [0.1, 0.15) is 5.65 Å². The number of para-hydroxylation sites is 1. The smallest absolute Gasteiger partial charge is 0.309 e. The van der Waals surface area contributed by atoms with Gasteiger partial charge in [-0.3, -0.25) is 9.48 Å². The van der Waals surface area contributed by atoms with Crippen LogP contribution >= 0.6 is 0 Å². The van der Waals surface area contributed by atoms with Crippen LogP contribution in [-0.4, -0.2) is 30.2 Å². The largest absolute Gasteiger partial charge is 0.481 e. The molecule has 1 aromatic carbocycles. The predicted molar refractivity (Wildman–Crippen MR) is 98.5 cm³/mol. The van der Waals surface area contributed by atoms with Crippen LogP contribution in [0, 0.1) is 0 Å². The van der Waals surface area contributed by atoms with E-state index in [0.29, 0.717) is 11.3 Å². The van der Waals surface area contributed by atoms with E-state index in [1.165, 1.54) is 0 Å². The van der Waals surface area contributed by atoms with Crippen LogP contribution < -0.4 is 5.32 Å². The highest BCUT2D eigenvalue weighted by molar-refractivity contribution is 5.80. The number of fused-ring (bicyclic) bond motifs is 1. The summed E-state index contributed by atoms with van der Waals surface area (Å²) in [6.07, 6.45) is 5.38. The maximum absolute atomic E-state index is 11.0. The van der Waals surface area contributed by atoms with Crippen molar-refractivity contribution in [3.63, 3.8) is 0 Å². The van der Waals surface area contributed by atoms with Gasteiger partial charge in [-0.25, -0.2) is 4.98 Å². The number of imidazole rings is 1. The first-order chi connectivity index (χ1) is 12.6. The summed E-state index contributed by atoms with van der Waals surface area (Å²) in [4.78, 5) is 15.5. The molecular weight excluding hydrogens is 330 g/mol. The SMILES string of the molecule is Cn1ccc(-c2cc(Nc3ccccc3)cn3cc(CC(=O)O)nc23)n1. The van der Waals surface area contributed by atoms with Crippen LogP contribution in [0.15, 0.2) is 61.1 Å². The van der Waals surface area contributed by atoms with Crippen molar-refractivity contribution < 1.29 is 9.90 Å². The molecule has 4 aromatic rings. The Morgan fingerprint density at radius 3 is 2.65 bits per heavy atom. The van der Waals surface area contributed by atoms with E-state index in [9.17, 15) is 4.79 Å². The molecule has 0 amide bonds. The van der Waals surface area contributed by atoms with Gasteiger partial charge in [0.2, 0.25) is 0 Å². The number of aryl methyl sites for hydroxylation is 1. The zero-order valence-electron chi connectivity index (χ0n) is 14.1. The fraction of sp³-hybridized carbons (Fsp3) is 0.105. The van der Waals surface area contributed by atoms with Gasteiger partial charge in [0.15, 0.2) is 0 Å². The quantitative estimate of drug-likeness (QED) is 0.579. The lowest BCUT2D eigenvalue weighted by Gasteiger charge is -2.09. The summed E-state index contributed by atoms with van der Waals surface area (Å²) in [5.41, 5.74) is 4.63. The van der Waals surface area contributed by atoms with Gasteiger partial charge in [-0.05, 0) is 24.3 Å². The van der Waals surface area contributed by atoms with Crippen molar-refractivity contribution in [1.29, 1.82) is 0 Å². The molecule has 7 heteroatoms. The molecule has 0 aliphatic carbocycles. The van der Waals surface area contributed by atoms with E-state index in [1.807, 2.05) is 66.3 Å². The first kappa shape index (κ1) is 15.9. The molecule has 0 unspecified atom stereocenters. The van der Waals surface area contributed by atoms with E-state index >= 15 is 0 Å². The van der Waals surface area contributed by atoms with Crippen molar-refractivity contribution in [3.8, 4) is 11.3 Å². The Morgan fingerprint density at radius 1 is 1.15 bits per heavy atom. The summed E-state index contributed by atoms with van der Waals surface area (Å²) in [5.74, 6) is -0.907. The predicted octanol–water partition coefficient (Wildman–Crippen LogP) is 3.11. The molecule has 4 rings (SSSR count). The molecule has 0 spiro atoms. The molecule has 0 fully saturated rings. The molecule has 2 N–H and O–H groups in total.